The van der Waals surface area contributed by atoms with Gasteiger partial charge in [-0.1, -0.05) is 0 Å². The van der Waals surface area contributed by atoms with Crippen LogP contribution < -0.4 is 16.2 Å². The van der Waals surface area contributed by atoms with E-state index in [-0.39, 0.29) is 5.91 Å². The van der Waals surface area contributed by atoms with Crippen LogP contribution in [0.1, 0.15) is 24.2 Å². The Hall–Kier alpha value is -1.55. The number of hydrogen-bond acceptors (Lipinski definition) is 3. The lowest BCUT2D eigenvalue weighted by atomic mass is 10.2. The van der Waals surface area contributed by atoms with E-state index < -0.39 is 0 Å². The fraction of sp³-hybridized carbons (Fsp3) is 0.364. The van der Waals surface area contributed by atoms with E-state index in [4.69, 9.17) is 0 Å². The van der Waals surface area contributed by atoms with Gasteiger partial charge in [-0.25, -0.2) is 5.43 Å². The predicted molar refractivity (Wildman–Crippen MR) is 61.7 cm³/mol. The molecule has 0 heterocycles. The summed E-state index contributed by atoms with van der Waals surface area (Å²) in [6, 6.07) is 7.65. The van der Waals surface area contributed by atoms with Gasteiger partial charge in [0.2, 0.25) is 0 Å². The molecule has 0 saturated carbocycles. The van der Waals surface area contributed by atoms with Gasteiger partial charge in [0, 0.05) is 24.3 Å². The molecular formula is C11H17N3O. The van der Waals surface area contributed by atoms with Crippen molar-refractivity contribution in [1.29, 1.82) is 0 Å². The Kier molecular flexibility index (Phi) is 4.12. The van der Waals surface area contributed by atoms with E-state index in [0.29, 0.717) is 11.6 Å². The number of anilines is 1. The Balaban J connectivity index is 2.60. The van der Waals surface area contributed by atoms with E-state index in [1.165, 1.54) is 0 Å². The van der Waals surface area contributed by atoms with Crippen LogP contribution in [0.15, 0.2) is 24.3 Å². The maximum atomic E-state index is 11.2. The summed E-state index contributed by atoms with van der Waals surface area (Å²) >= 11 is 0. The molecule has 0 bridgehead atoms. The number of nitrogens with one attached hydrogen (secondary N) is 3. The maximum absolute atomic E-state index is 11.2. The van der Waals surface area contributed by atoms with Gasteiger partial charge in [-0.05, 0) is 38.1 Å². The molecule has 0 aliphatic rings. The largest absolute Gasteiger partial charge is 0.355 e. The molecule has 0 spiro atoms. The lowest BCUT2D eigenvalue weighted by molar-refractivity contribution is 0.0963. The van der Waals surface area contributed by atoms with Gasteiger partial charge in [0.1, 0.15) is 0 Å². The Labute approximate surface area is 90.0 Å². The van der Waals surface area contributed by atoms with Gasteiger partial charge in [-0.3, -0.25) is 4.79 Å². The van der Waals surface area contributed by atoms with E-state index in [1.807, 2.05) is 26.0 Å². The zero-order chi connectivity index (χ0) is 11.3. The molecule has 15 heavy (non-hydrogen) atoms. The van der Waals surface area contributed by atoms with E-state index in [9.17, 15) is 4.79 Å². The van der Waals surface area contributed by atoms with Crippen LogP contribution in [-0.4, -0.2) is 19.0 Å². The Bertz CT molecular complexity index is 319. The van der Waals surface area contributed by atoms with Crippen LogP contribution in [-0.2, 0) is 0 Å². The zero-order valence-electron chi connectivity index (χ0n) is 9.29. The van der Waals surface area contributed by atoms with Gasteiger partial charge in [0.15, 0.2) is 0 Å². The first-order valence-electron chi connectivity index (χ1n) is 4.97. The zero-order valence-corrected chi connectivity index (χ0v) is 9.29. The first-order chi connectivity index (χ1) is 7.13. The summed E-state index contributed by atoms with van der Waals surface area (Å²) in [5.41, 5.74) is 7.72. The van der Waals surface area contributed by atoms with Crippen molar-refractivity contribution in [2.24, 2.45) is 0 Å². The van der Waals surface area contributed by atoms with Crippen molar-refractivity contribution in [3.05, 3.63) is 29.8 Å². The molecular weight excluding hydrogens is 190 g/mol. The standard InChI is InChI=1S/C11H17N3O/c1-8(2)13-14-10-6-4-9(5-7-10)11(15)12-3/h4-8,13-14H,1-3H3,(H,12,15). The van der Waals surface area contributed by atoms with E-state index in [2.05, 4.69) is 16.2 Å². The van der Waals surface area contributed by atoms with Crippen LogP contribution >= 0.6 is 0 Å². The molecule has 1 rings (SSSR count). The molecule has 82 valence electrons. The van der Waals surface area contributed by atoms with Crippen molar-refractivity contribution in [2.45, 2.75) is 19.9 Å². The van der Waals surface area contributed by atoms with Crippen LogP contribution in [0.2, 0.25) is 0 Å². The van der Waals surface area contributed by atoms with Crippen LogP contribution in [0.5, 0.6) is 0 Å². The van der Waals surface area contributed by atoms with Gasteiger partial charge >= 0.3 is 0 Å². The number of hydrazine groups is 1. The monoisotopic (exact) mass is 207 g/mol. The highest BCUT2D eigenvalue weighted by Crippen LogP contribution is 2.08. The SMILES string of the molecule is CNC(=O)c1ccc(NNC(C)C)cc1. The number of rotatable bonds is 4. The quantitative estimate of drug-likeness (QED) is 0.654. The number of benzene rings is 1. The molecule has 0 fully saturated rings. The van der Waals surface area contributed by atoms with Crippen molar-refractivity contribution in [3.8, 4) is 0 Å². The summed E-state index contributed by atoms with van der Waals surface area (Å²) < 4.78 is 0. The van der Waals surface area contributed by atoms with Gasteiger partial charge in [-0.2, -0.15) is 0 Å². The normalized spacial score (nSPS) is 10.1. The molecule has 1 aromatic carbocycles. The highest BCUT2D eigenvalue weighted by molar-refractivity contribution is 5.94. The molecule has 0 unspecified atom stereocenters. The average molecular weight is 207 g/mol. The van der Waals surface area contributed by atoms with Crippen LogP contribution in [0.25, 0.3) is 0 Å². The number of carbonyl (C=O) groups excluding carboxylic acids is 1. The van der Waals surface area contributed by atoms with Crippen molar-refractivity contribution in [1.82, 2.24) is 10.7 Å². The Morgan fingerprint density at radius 3 is 2.27 bits per heavy atom. The molecule has 1 aromatic rings. The second-order valence-electron chi connectivity index (χ2n) is 3.58. The van der Waals surface area contributed by atoms with E-state index in [1.54, 1.807) is 19.2 Å². The summed E-state index contributed by atoms with van der Waals surface area (Å²) in [5, 5.41) is 2.58. The Morgan fingerprint density at radius 1 is 1.20 bits per heavy atom. The third-order valence-corrected chi connectivity index (χ3v) is 1.88. The van der Waals surface area contributed by atoms with Crippen LogP contribution in [0, 0.1) is 0 Å². The van der Waals surface area contributed by atoms with Crippen molar-refractivity contribution in [2.75, 3.05) is 12.5 Å². The molecule has 0 atom stereocenters. The fourth-order valence-corrected chi connectivity index (χ4v) is 1.08. The average Bonchev–Trinajstić information content (AvgIpc) is 2.26. The molecule has 0 saturated heterocycles. The highest BCUT2D eigenvalue weighted by Gasteiger charge is 2.01. The lowest BCUT2D eigenvalue weighted by Gasteiger charge is -2.11. The third-order valence-electron chi connectivity index (χ3n) is 1.88. The van der Waals surface area contributed by atoms with Crippen LogP contribution in [0.3, 0.4) is 0 Å². The fourth-order valence-electron chi connectivity index (χ4n) is 1.08. The number of hydrogen-bond donors (Lipinski definition) is 3. The van der Waals surface area contributed by atoms with E-state index in [0.717, 1.165) is 5.69 Å². The molecule has 0 aliphatic heterocycles. The van der Waals surface area contributed by atoms with Crippen molar-refractivity contribution in [3.63, 3.8) is 0 Å². The first kappa shape index (κ1) is 11.5. The van der Waals surface area contributed by atoms with Crippen molar-refractivity contribution >= 4 is 11.6 Å². The first-order valence-corrected chi connectivity index (χ1v) is 4.97. The van der Waals surface area contributed by atoms with Crippen molar-refractivity contribution < 1.29 is 4.79 Å². The Morgan fingerprint density at radius 2 is 1.80 bits per heavy atom. The number of amides is 1. The second kappa shape index (κ2) is 5.36. The summed E-state index contributed by atoms with van der Waals surface area (Å²) in [5.74, 6) is -0.0710. The van der Waals surface area contributed by atoms with Crippen LogP contribution in [0.4, 0.5) is 5.69 Å². The lowest BCUT2D eigenvalue weighted by Crippen LogP contribution is -2.28. The summed E-state index contributed by atoms with van der Waals surface area (Å²) in [4.78, 5) is 11.2. The predicted octanol–water partition coefficient (Wildman–Crippen LogP) is 1.37. The smallest absolute Gasteiger partial charge is 0.251 e. The van der Waals surface area contributed by atoms with E-state index >= 15 is 0 Å². The molecule has 4 nitrogen and oxygen atoms in total. The summed E-state index contributed by atoms with van der Waals surface area (Å²) in [6.07, 6.45) is 0. The third kappa shape index (κ3) is 3.59. The number of carbonyl (C=O) groups is 1. The minimum absolute atomic E-state index is 0.0710. The van der Waals surface area contributed by atoms with Gasteiger partial charge in [-0.15, -0.1) is 0 Å². The molecule has 0 aliphatic carbocycles. The van der Waals surface area contributed by atoms with Gasteiger partial charge < -0.3 is 10.7 Å². The second-order valence-corrected chi connectivity index (χ2v) is 3.58. The molecule has 0 aromatic heterocycles. The van der Waals surface area contributed by atoms with Gasteiger partial charge in [0.25, 0.3) is 5.91 Å². The molecule has 4 heteroatoms. The maximum Gasteiger partial charge on any atom is 0.251 e. The highest BCUT2D eigenvalue weighted by atomic mass is 16.1. The minimum atomic E-state index is -0.0710. The summed E-state index contributed by atoms with van der Waals surface area (Å²) in [7, 11) is 1.62. The molecule has 3 N–H and O–H groups in total. The summed E-state index contributed by atoms with van der Waals surface area (Å²) in [6.45, 7) is 4.10. The topological polar surface area (TPSA) is 53.2 Å². The molecule has 0 radical (unpaired) electrons. The minimum Gasteiger partial charge on any atom is -0.355 e. The molecule has 1 amide bonds. The van der Waals surface area contributed by atoms with Gasteiger partial charge in [0.05, 0.1) is 0 Å².